The largest absolute Gasteiger partial charge is 0.340 e. The number of nitrogens with one attached hydrogen (secondary N) is 1. The van der Waals surface area contributed by atoms with Gasteiger partial charge in [-0.15, -0.1) is 0 Å². The number of carbonyl (C=O) groups is 1. The van der Waals surface area contributed by atoms with Crippen molar-refractivity contribution in [1.29, 1.82) is 0 Å². The van der Waals surface area contributed by atoms with E-state index in [0.717, 1.165) is 39.3 Å². The van der Waals surface area contributed by atoms with E-state index in [4.69, 9.17) is 0 Å². The fraction of sp³-hybridized carbons (Fsp3) is 0.421. The number of benzene rings is 2. The summed E-state index contributed by atoms with van der Waals surface area (Å²) in [5, 5.41) is 5.85. The minimum atomic E-state index is 0.274. The maximum absolute atomic E-state index is 12.2. The van der Waals surface area contributed by atoms with Gasteiger partial charge in [0.2, 0.25) is 5.91 Å². The zero-order valence-corrected chi connectivity index (χ0v) is 13.8. The van der Waals surface area contributed by atoms with Crippen LogP contribution in [0.3, 0.4) is 0 Å². The number of hydrogen-bond acceptors (Lipinski definition) is 3. The molecular formula is C19H25N3O. The predicted octanol–water partition coefficient (Wildman–Crippen LogP) is 2.09. The summed E-state index contributed by atoms with van der Waals surface area (Å²) in [6.45, 7) is 5.18. The molecule has 1 heterocycles. The number of rotatable bonds is 5. The third-order valence-electron chi connectivity index (χ3n) is 4.50. The third kappa shape index (κ3) is 4.09. The molecule has 1 aliphatic heterocycles. The Kier molecular flexibility index (Phi) is 5.26. The average Bonchev–Trinajstić information content (AvgIpc) is 2.61. The zero-order chi connectivity index (χ0) is 16.1. The molecule has 2 aromatic rings. The molecule has 0 aromatic heterocycles. The van der Waals surface area contributed by atoms with Crippen LogP contribution in [0.1, 0.15) is 12.0 Å². The van der Waals surface area contributed by atoms with Gasteiger partial charge in [0.15, 0.2) is 0 Å². The van der Waals surface area contributed by atoms with E-state index in [9.17, 15) is 4.79 Å². The first kappa shape index (κ1) is 16.0. The molecule has 3 rings (SSSR count). The van der Waals surface area contributed by atoms with E-state index >= 15 is 0 Å². The predicted molar refractivity (Wildman–Crippen MR) is 94.3 cm³/mol. The molecule has 0 spiro atoms. The zero-order valence-electron chi connectivity index (χ0n) is 13.8. The van der Waals surface area contributed by atoms with Crippen LogP contribution >= 0.6 is 0 Å². The molecule has 0 bridgehead atoms. The summed E-state index contributed by atoms with van der Waals surface area (Å²) in [6, 6.07) is 14.9. The Morgan fingerprint density at radius 3 is 2.70 bits per heavy atom. The summed E-state index contributed by atoms with van der Waals surface area (Å²) in [5.74, 6) is 0.274. The van der Waals surface area contributed by atoms with Crippen molar-refractivity contribution >= 4 is 16.7 Å². The number of carbonyl (C=O) groups excluding carboxylic acids is 1. The quantitative estimate of drug-likeness (QED) is 0.918. The summed E-state index contributed by atoms with van der Waals surface area (Å²) >= 11 is 0. The Balaban J connectivity index is 1.56. The molecule has 122 valence electrons. The van der Waals surface area contributed by atoms with E-state index in [1.807, 2.05) is 4.90 Å². The minimum Gasteiger partial charge on any atom is -0.340 e. The molecule has 1 saturated heterocycles. The van der Waals surface area contributed by atoms with Crippen LogP contribution in [-0.4, -0.2) is 55.5 Å². The van der Waals surface area contributed by atoms with Crippen LogP contribution in [0.15, 0.2) is 42.5 Å². The van der Waals surface area contributed by atoms with Gasteiger partial charge in [0.05, 0.1) is 0 Å². The van der Waals surface area contributed by atoms with E-state index in [1.165, 1.54) is 16.3 Å². The standard InChI is InChI=1S/C19H25N3O/c1-21(12-9-19(23)22-13-10-20-11-14-22)15-17-7-4-6-16-5-2-3-8-18(16)17/h2-8,20H,9-15H2,1H3. The maximum atomic E-state index is 12.2. The van der Waals surface area contributed by atoms with Crippen LogP contribution in [0, 0.1) is 0 Å². The van der Waals surface area contributed by atoms with Gasteiger partial charge >= 0.3 is 0 Å². The summed E-state index contributed by atoms with van der Waals surface area (Å²) < 4.78 is 0. The van der Waals surface area contributed by atoms with Crippen molar-refractivity contribution in [2.24, 2.45) is 0 Å². The first-order chi connectivity index (χ1) is 11.2. The Labute approximate surface area is 138 Å². The van der Waals surface area contributed by atoms with Gasteiger partial charge in [-0.05, 0) is 23.4 Å². The molecule has 1 fully saturated rings. The normalized spacial score (nSPS) is 15.3. The Morgan fingerprint density at radius 2 is 1.87 bits per heavy atom. The lowest BCUT2D eigenvalue weighted by molar-refractivity contribution is -0.132. The number of piperazine rings is 1. The van der Waals surface area contributed by atoms with Gasteiger partial charge in [0.25, 0.3) is 0 Å². The van der Waals surface area contributed by atoms with Gasteiger partial charge in [0, 0.05) is 45.7 Å². The lowest BCUT2D eigenvalue weighted by Gasteiger charge is -2.28. The maximum Gasteiger partial charge on any atom is 0.223 e. The smallest absolute Gasteiger partial charge is 0.223 e. The van der Waals surface area contributed by atoms with Gasteiger partial charge < -0.3 is 15.1 Å². The number of nitrogens with zero attached hydrogens (tertiary/aromatic N) is 2. The van der Waals surface area contributed by atoms with E-state index in [1.54, 1.807) is 0 Å². The van der Waals surface area contributed by atoms with Crippen LogP contribution in [0.5, 0.6) is 0 Å². The molecule has 0 aliphatic carbocycles. The molecule has 23 heavy (non-hydrogen) atoms. The second kappa shape index (κ2) is 7.57. The van der Waals surface area contributed by atoms with Crippen LogP contribution in [0.25, 0.3) is 10.8 Å². The lowest BCUT2D eigenvalue weighted by Crippen LogP contribution is -2.47. The summed E-state index contributed by atoms with van der Waals surface area (Å²) in [6.07, 6.45) is 0.598. The van der Waals surface area contributed by atoms with Gasteiger partial charge in [-0.3, -0.25) is 4.79 Å². The highest BCUT2D eigenvalue weighted by molar-refractivity contribution is 5.85. The first-order valence-corrected chi connectivity index (χ1v) is 8.38. The molecular weight excluding hydrogens is 286 g/mol. The topological polar surface area (TPSA) is 35.6 Å². The number of fused-ring (bicyclic) bond motifs is 1. The molecule has 0 atom stereocenters. The molecule has 1 aliphatic rings. The summed E-state index contributed by atoms with van der Waals surface area (Å²) in [7, 11) is 2.09. The minimum absolute atomic E-state index is 0.274. The number of hydrogen-bond donors (Lipinski definition) is 1. The van der Waals surface area contributed by atoms with Crippen molar-refractivity contribution in [1.82, 2.24) is 15.1 Å². The van der Waals surface area contributed by atoms with Gasteiger partial charge in [-0.25, -0.2) is 0 Å². The van der Waals surface area contributed by atoms with Crippen LogP contribution in [-0.2, 0) is 11.3 Å². The number of amides is 1. The van der Waals surface area contributed by atoms with Crippen LogP contribution in [0.4, 0.5) is 0 Å². The Bertz CT molecular complexity index is 659. The third-order valence-corrected chi connectivity index (χ3v) is 4.50. The van der Waals surface area contributed by atoms with Crippen LogP contribution in [0.2, 0.25) is 0 Å². The van der Waals surface area contributed by atoms with Crippen molar-refractivity contribution in [3.63, 3.8) is 0 Å². The monoisotopic (exact) mass is 311 g/mol. The van der Waals surface area contributed by atoms with E-state index in [-0.39, 0.29) is 5.91 Å². The van der Waals surface area contributed by atoms with Gasteiger partial charge in [-0.2, -0.15) is 0 Å². The van der Waals surface area contributed by atoms with Crippen molar-refractivity contribution in [3.8, 4) is 0 Å². The summed E-state index contributed by atoms with van der Waals surface area (Å²) in [5.41, 5.74) is 1.32. The molecule has 4 nitrogen and oxygen atoms in total. The molecule has 0 saturated carbocycles. The van der Waals surface area contributed by atoms with E-state index < -0.39 is 0 Å². The van der Waals surface area contributed by atoms with Crippen molar-refractivity contribution in [3.05, 3.63) is 48.0 Å². The molecule has 0 radical (unpaired) electrons. The van der Waals surface area contributed by atoms with Crippen molar-refractivity contribution < 1.29 is 4.79 Å². The highest BCUT2D eigenvalue weighted by Gasteiger charge is 2.16. The molecule has 0 unspecified atom stereocenters. The fourth-order valence-corrected chi connectivity index (χ4v) is 3.16. The lowest BCUT2D eigenvalue weighted by atomic mass is 10.0. The van der Waals surface area contributed by atoms with Gasteiger partial charge in [0.1, 0.15) is 0 Å². The Hall–Kier alpha value is -1.91. The Morgan fingerprint density at radius 1 is 1.13 bits per heavy atom. The molecule has 1 N–H and O–H groups in total. The van der Waals surface area contributed by atoms with Gasteiger partial charge in [-0.1, -0.05) is 42.5 Å². The molecule has 4 heteroatoms. The summed E-state index contributed by atoms with van der Waals surface area (Å²) in [4.78, 5) is 16.5. The SMILES string of the molecule is CN(CCC(=O)N1CCNCC1)Cc1cccc2ccccc12. The van der Waals surface area contributed by atoms with Crippen LogP contribution < -0.4 is 5.32 Å². The second-order valence-electron chi connectivity index (χ2n) is 6.26. The highest BCUT2D eigenvalue weighted by Crippen LogP contribution is 2.19. The highest BCUT2D eigenvalue weighted by atomic mass is 16.2. The first-order valence-electron chi connectivity index (χ1n) is 8.38. The fourth-order valence-electron chi connectivity index (χ4n) is 3.16. The molecule has 1 amide bonds. The van der Waals surface area contributed by atoms with E-state index in [0.29, 0.717) is 6.42 Å². The second-order valence-corrected chi connectivity index (χ2v) is 6.26. The molecule has 2 aromatic carbocycles. The van der Waals surface area contributed by atoms with Crippen molar-refractivity contribution in [2.75, 3.05) is 39.8 Å². The van der Waals surface area contributed by atoms with E-state index in [2.05, 4.69) is 59.7 Å². The average molecular weight is 311 g/mol. The van der Waals surface area contributed by atoms with Crippen molar-refractivity contribution in [2.45, 2.75) is 13.0 Å².